The molecule has 2 rings (SSSR count). The Hall–Kier alpha value is -1.77. The number of benzene rings is 1. The molecule has 0 aliphatic heterocycles. The van der Waals surface area contributed by atoms with Gasteiger partial charge >= 0.3 is 5.63 Å². The minimum atomic E-state index is -0.290. The van der Waals surface area contributed by atoms with Crippen LogP contribution in [-0.2, 0) is 0 Å². The van der Waals surface area contributed by atoms with Gasteiger partial charge in [0.05, 0.1) is 0 Å². The SMILES string of the molecule is Cc1cccc2cc(N(C)C)c(=O)oc12. The third-order valence-electron chi connectivity index (χ3n) is 2.42. The zero-order valence-electron chi connectivity index (χ0n) is 9.07. The van der Waals surface area contributed by atoms with Gasteiger partial charge in [-0.1, -0.05) is 18.2 Å². The molecule has 0 radical (unpaired) electrons. The highest BCUT2D eigenvalue weighted by atomic mass is 16.4. The number of para-hydroxylation sites is 1. The normalized spacial score (nSPS) is 10.6. The first kappa shape index (κ1) is 9.77. The van der Waals surface area contributed by atoms with Gasteiger partial charge in [-0.3, -0.25) is 0 Å². The van der Waals surface area contributed by atoms with Crippen molar-refractivity contribution in [1.82, 2.24) is 0 Å². The Kier molecular flexibility index (Phi) is 2.23. The van der Waals surface area contributed by atoms with Crippen LogP contribution < -0.4 is 10.5 Å². The van der Waals surface area contributed by atoms with Crippen LogP contribution in [0.25, 0.3) is 11.0 Å². The van der Waals surface area contributed by atoms with Crippen molar-refractivity contribution >= 4 is 16.7 Å². The molecule has 0 N–H and O–H groups in total. The average Bonchev–Trinajstić information content (AvgIpc) is 2.18. The lowest BCUT2D eigenvalue weighted by molar-refractivity contribution is 0.558. The highest BCUT2D eigenvalue weighted by molar-refractivity contribution is 5.82. The van der Waals surface area contributed by atoms with E-state index in [1.807, 2.05) is 45.3 Å². The van der Waals surface area contributed by atoms with Crippen LogP contribution >= 0.6 is 0 Å². The van der Waals surface area contributed by atoms with Gasteiger partial charge in [0.2, 0.25) is 0 Å². The van der Waals surface area contributed by atoms with E-state index in [-0.39, 0.29) is 5.63 Å². The van der Waals surface area contributed by atoms with Crippen LogP contribution in [-0.4, -0.2) is 14.1 Å². The molecular weight excluding hydrogens is 190 g/mol. The summed E-state index contributed by atoms with van der Waals surface area (Å²) in [6.07, 6.45) is 0. The van der Waals surface area contributed by atoms with E-state index in [2.05, 4.69) is 0 Å². The molecule has 0 amide bonds. The lowest BCUT2D eigenvalue weighted by atomic mass is 10.1. The summed E-state index contributed by atoms with van der Waals surface area (Å²) in [5.74, 6) is 0. The molecule has 2 aromatic rings. The van der Waals surface area contributed by atoms with Crippen LogP contribution in [0.5, 0.6) is 0 Å². The Morgan fingerprint density at radius 3 is 2.67 bits per heavy atom. The molecule has 3 heteroatoms. The summed E-state index contributed by atoms with van der Waals surface area (Å²) in [5.41, 5.74) is 1.94. The monoisotopic (exact) mass is 203 g/mol. The van der Waals surface area contributed by atoms with E-state index < -0.39 is 0 Å². The topological polar surface area (TPSA) is 33.5 Å². The summed E-state index contributed by atoms with van der Waals surface area (Å²) in [6.45, 7) is 1.93. The van der Waals surface area contributed by atoms with Crippen LogP contribution in [0, 0.1) is 6.92 Å². The Morgan fingerprint density at radius 1 is 1.27 bits per heavy atom. The first-order valence-electron chi connectivity index (χ1n) is 4.80. The Labute approximate surface area is 87.9 Å². The fraction of sp³-hybridized carbons (Fsp3) is 0.250. The third-order valence-corrected chi connectivity index (χ3v) is 2.42. The summed E-state index contributed by atoms with van der Waals surface area (Å²) < 4.78 is 5.29. The minimum Gasteiger partial charge on any atom is -0.421 e. The smallest absolute Gasteiger partial charge is 0.360 e. The lowest BCUT2D eigenvalue weighted by Crippen LogP contribution is -2.17. The van der Waals surface area contributed by atoms with E-state index >= 15 is 0 Å². The minimum absolute atomic E-state index is 0.290. The molecule has 1 aromatic carbocycles. The highest BCUT2D eigenvalue weighted by Crippen LogP contribution is 2.19. The number of nitrogens with zero attached hydrogens (tertiary/aromatic N) is 1. The fourth-order valence-electron chi connectivity index (χ4n) is 1.59. The number of hydrogen-bond acceptors (Lipinski definition) is 3. The highest BCUT2D eigenvalue weighted by Gasteiger charge is 2.07. The molecule has 3 nitrogen and oxygen atoms in total. The van der Waals surface area contributed by atoms with E-state index in [1.54, 1.807) is 4.90 Å². The van der Waals surface area contributed by atoms with Crippen LogP contribution in [0.2, 0.25) is 0 Å². The second kappa shape index (κ2) is 3.42. The van der Waals surface area contributed by atoms with Gasteiger partial charge in [0.15, 0.2) is 0 Å². The Bertz CT molecular complexity index is 555. The molecule has 0 saturated heterocycles. The van der Waals surface area contributed by atoms with Crippen LogP contribution in [0.4, 0.5) is 5.69 Å². The van der Waals surface area contributed by atoms with E-state index in [0.29, 0.717) is 11.3 Å². The van der Waals surface area contributed by atoms with Gasteiger partial charge in [-0.05, 0) is 18.6 Å². The van der Waals surface area contributed by atoms with Crippen LogP contribution in [0.15, 0.2) is 33.5 Å². The summed E-state index contributed by atoms with van der Waals surface area (Å²) in [5, 5.41) is 0.957. The third kappa shape index (κ3) is 1.61. The number of fused-ring (bicyclic) bond motifs is 1. The van der Waals surface area contributed by atoms with E-state index in [1.165, 1.54) is 0 Å². The standard InChI is InChI=1S/C12H13NO2/c1-8-5-4-6-9-7-10(13(2)3)12(14)15-11(8)9/h4-7H,1-3H3. The molecule has 1 heterocycles. The summed E-state index contributed by atoms with van der Waals surface area (Å²) >= 11 is 0. The second-order valence-corrected chi connectivity index (χ2v) is 3.81. The lowest BCUT2D eigenvalue weighted by Gasteiger charge is -2.11. The van der Waals surface area contributed by atoms with Crippen molar-refractivity contribution in [2.75, 3.05) is 19.0 Å². The largest absolute Gasteiger partial charge is 0.421 e. The van der Waals surface area contributed by atoms with Gasteiger partial charge in [0.1, 0.15) is 11.3 Å². The van der Waals surface area contributed by atoms with Crippen molar-refractivity contribution in [2.24, 2.45) is 0 Å². The molecular formula is C12H13NO2. The number of hydrogen-bond donors (Lipinski definition) is 0. The number of anilines is 1. The summed E-state index contributed by atoms with van der Waals surface area (Å²) in [4.78, 5) is 13.4. The number of rotatable bonds is 1. The summed E-state index contributed by atoms with van der Waals surface area (Å²) in [6, 6.07) is 7.68. The molecule has 0 bridgehead atoms. The van der Waals surface area contributed by atoms with Crippen molar-refractivity contribution in [3.8, 4) is 0 Å². The van der Waals surface area contributed by atoms with Crippen LogP contribution in [0.1, 0.15) is 5.56 Å². The average molecular weight is 203 g/mol. The second-order valence-electron chi connectivity index (χ2n) is 3.81. The molecule has 0 saturated carbocycles. The van der Waals surface area contributed by atoms with Crippen molar-refractivity contribution in [3.05, 3.63) is 40.2 Å². The van der Waals surface area contributed by atoms with Crippen molar-refractivity contribution in [2.45, 2.75) is 6.92 Å². The van der Waals surface area contributed by atoms with Gasteiger partial charge in [0, 0.05) is 19.5 Å². The van der Waals surface area contributed by atoms with Gasteiger partial charge in [-0.15, -0.1) is 0 Å². The van der Waals surface area contributed by atoms with Gasteiger partial charge < -0.3 is 9.32 Å². The van der Waals surface area contributed by atoms with E-state index in [4.69, 9.17) is 4.42 Å². The molecule has 1 aromatic heterocycles. The maximum absolute atomic E-state index is 11.6. The first-order valence-corrected chi connectivity index (χ1v) is 4.80. The first-order chi connectivity index (χ1) is 7.09. The van der Waals surface area contributed by atoms with Crippen molar-refractivity contribution in [1.29, 1.82) is 0 Å². The van der Waals surface area contributed by atoms with Crippen LogP contribution in [0.3, 0.4) is 0 Å². The summed E-state index contributed by atoms with van der Waals surface area (Å²) in [7, 11) is 3.65. The van der Waals surface area contributed by atoms with Gasteiger partial charge in [0.25, 0.3) is 0 Å². The zero-order chi connectivity index (χ0) is 11.0. The Balaban J connectivity index is 2.82. The molecule has 0 unspecified atom stereocenters. The van der Waals surface area contributed by atoms with E-state index in [9.17, 15) is 4.79 Å². The van der Waals surface area contributed by atoms with Gasteiger partial charge in [-0.25, -0.2) is 4.79 Å². The molecule has 15 heavy (non-hydrogen) atoms. The van der Waals surface area contributed by atoms with E-state index in [0.717, 1.165) is 10.9 Å². The van der Waals surface area contributed by atoms with Crippen molar-refractivity contribution < 1.29 is 4.42 Å². The van der Waals surface area contributed by atoms with Gasteiger partial charge in [-0.2, -0.15) is 0 Å². The molecule has 78 valence electrons. The predicted molar refractivity (Wildman–Crippen MR) is 61.5 cm³/mol. The zero-order valence-corrected chi connectivity index (χ0v) is 9.07. The number of aryl methyl sites for hydroxylation is 1. The Morgan fingerprint density at radius 2 is 2.00 bits per heavy atom. The molecule has 0 atom stereocenters. The molecule has 0 fully saturated rings. The van der Waals surface area contributed by atoms with Crippen molar-refractivity contribution in [3.63, 3.8) is 0 Å². The maximum atomic E-state index is 11.6. The molecule has 0 aliphatic rings. The quantitative estimate of drug-likeness (QED) is 0.666. The fourth-order valence-corrected chi connectivity index (χ4v) is 1.59. The molecule has 0 aliphatic carbocycles. The maximum Gasteiger partial charge on any atom is 0.360 e. The predicted octanol–water partition coefficient (Wildman–Crippen LogP) is 2.17. The molecule has 0 spiro atoms.